The Hall–Kier alpha value is -3.09. The van der Waals surface area contributed by atoms with Crippen molar-refractivity contribution in [3.8, 4) is 5.75 Å². The molecule has 0 aliphatic rings. The molecule has 0 aliphatic heterocycles. The Labute approximate surface area is 145 Å². The molecule has 0 atom stereocenters. The average molecular weight is 340 g/mol. The van der Waals surface area contributed by atoms with Crippen LogP contribution >= 0.6 is 0 Å². The number of anilines is 2. The molecule has 0 bridgehead atoms. The fraction of sp³-hybridized carbons (Fsp3) is 0.278. The maximum atomic E-state index is 12.4. The van der Waals surface area contributed by atoms with Crippen LogP contribution in [-0.4, -0.2) is 34.5 Å². The third-order valence-electron chi connectivity index (χ3n) is 3.88. The minimum absolute atomic E-state index is 0.296. The van der Waals surface area contributed by atoms with Gasteiger partial charge in [0.25, 0.3) is 0 Å². The van der Waals surface area contributed by atoms with Crippen molar-refractivity contribution in [2.75, 3.05) is 19.0 Å². The first-order valence-electron chi connectivity index (χ1n) is 7.95. The number of aromatic nitrogens is 3. The lowest BCUT2D eigenvalue weighted by atomic mass is 10.1. The topological polar surface area (TPSA) is 78.3 Å². The molecule has 2 aromatic heterocycles. The molecule has 0 saturated heterocycles. The van der Waals surface area contributed by atoms with Gasteiger partial charge < -0.3 is 14.8 Å². The fourth-order valence-electron chi connectivity index (χ4n) is 2.72. The highest BCUT2D eigenvalue weighted by molar-refractivity contribution is 6.06. The molecule has 0 spiro atoms. The van der Waals surface area contributed by atoms with Crippen molar-refractivity contribution in [2.45, 2.75) is 13.8 Å². The Morgan fingerprint density at radius 2 is 2.00 bits per heavy atom. The Bertz CT molecular complexity index is 916. The van der Waals surface area contributed by atoms with Gasteiger partial charge in [0.2, 0.25) is 0 Å². The molecule has 3 rings (SSSR count). The summed E-state index contributed by atoms with van der Waals surface area (Å²) in [7, 11) is 3.44. The number of hydrogen-bond donors (Lipinski definition) is 1. The van der Waals surface area contributed by atoms with E-state index < -0.39 is 5.97 Å². The standard InChI is InChI=1S/C18H20N4O3/c1-5-25-18(23)14-10-19-17-15(11(2)21-22(17)3)16(14)20-12-6-8-13(24-4)9-7-12/h6-10H,5H2,1-4H3,(H,19,20). The summed E-state index contributed by atoms with van der Waals surface area (Å²) in [5.41, 5.74) is 3.32. The quantitative estimate of drug-likeness (QED) is 0.719. The number of nitrogens with one attached hydrogen (secondary N) is 1. The van der Waals surface area contributed by atoms with Crippen LogP contribution in [0.25, 0.3) is 11.0 Å². The van der Waals surface area contributed by atoms with Crippen molar-refractivity contribution in [3.05, 3.63) is 41.7 Å². The molecule has 7 heteroatoms. The summed E-state index contributed by atoms with van der Waals surface area (Å²) in [5.74, 6) is 0.338. The molecule has 0 amide bonds. The number of esters is 1. The van der Waals surface area contributed by atoms with Gasteiger partial charge in [-0.2, -0.15) is 5.10 Å². The number of carbonyl (C=O) groups is 1. The Morgan fingerprint density at radius 3 is 2.64 bits per heavy atom. The number of pyridine rings is 1. The molecular formula is C18H20N4O3. The first-order valence-corrected chi connectivity index (χ1v) is 7.95. The van der Waals surface area contributed by atoms with Crippen LogP contribution in [0.2, 0.25) is 0 Å². The monoisotopic (exact) mass is 340 g/mol. The lowest BCUT2D eigenvalue weighted by Crippen LogP contribution is -2.09. The molecule has 1 aromatic carbocycles. The first-order chi connectivity index (χ1) is 12.0. The van der Waals surface area contributed by atoms with E-state index in [2.05, 4.69) is 15.4 Å². The van der Waals surface area contributed by atoms with Crippen LogP contribution in [-0.2, 0) is 11.8 Å². The van der Waals surface area contributed by atoms with Gasteiger partial charge in [-0.15, -0.1) is 0 Å². The highest BCUT2D eigenvalue weighted by Gasteiger charge is 2.20. The van der Waals surface area contributed by atoms with Gasteiger partial charge in [-0.05, 0) is 38.1 Å². The van der Waals surface area contributed by atoms with Crippen LogP contribution in [0.5, 0.6) is 5.75 Å². The number of carbonyl (C=O) groups excluding carboxylic acids is 1. The van der Waals surface area contributed by atoms with Crippen LogP contribution in [0.4, 0.5) is 11.4 Å². The van der Waals surface area contributed by atoms with Crippen molar-refractivity contribution >= 4 is 28.4 Å². The van der Waals surface area contributed by atoms with E-state index in [-0.39, 0.29) is 0 Å². The van der Waals surface area contributed by atoms with Crippen molar-refractivity contribution in [2.24, 2.45) is 7.05 Å². The number of ether oxygens (including phenoxy) is 2. The molecule has 0 aliphatic carbocycles. The van der Waals surface area contributed by atoms with Gasteiger partial charge in [0, 0.05) is 18.9 Å². The summed E-state index contributed by atoms with van der Waals surface area (Å²) >= 11 is 0. The molecule has 0 radical (unpaired) electrons. The minimum atomic E-state index is -0.420. The minimum Gasteiger partial charge on any atom is -0.497 e. The van der Waals surface area contributed by atoms with Crippen LogP contribution in [0.3, 0.4) is 0 Å². The molecule has 130 valence electrons. The summed E-state index contributed by atoms with van der Waals surface area (Å²) in [6, 6.07) is 7.46. The largest absolute Gasteiger partial charge is 0.497 e. The zero-order valence-electron chi connectivity index (χ0n) is 14.7. The van der Waals surface area contributed by atoms with Gasteiger partial charge in [-0.3, -0.25) is 4.68 Å². The Balaban J connectivity index is 2.14. The molecule has 0 saturated carbocycles. The first kappa shape index (κ1) is 16.8. The Kier molecular flexibility index (Phi) is 4.56. The van der Waals surface area contributed by atoms with Crippen LogP contribution in [0.1, 0.15) is 23.0 Å². The summed E-state index contributed by atoms with van der Waals surface area (Å²) in [5, 5.41) is 8.51. The highest BCUT2D eigenvalue weighted by atomic mass is 16.5. The third kappa shape index (κ3) is 3.13. The smallest absolute Gasteiger partial charge is 0.341 e. The molecule has 0 unspecified atom stereocenters. The Morgan fingerprint density at radius 1 is 1.28 bits per heavy atom. The summed E-state index contributed by atoms with van der Waals surface area (Å²) in [6.07, 6.45) is 1.52. The number of benzene rings is 1. The number of nitrogens with zero attached hydrogens (tertiary/aromatic N) is 3. The number of hydrogen-bond acceptors (Lipinski definition) is 6. The van der Waals surface area contributed by atoms with Crippen molar-refractivity contribution in [3.63, 3.8) is 0 Å². The van der Waals surface area contributed by atoms with E-state index in [1.54, 1.807) is 18.7 Å². The van der Waals surface area contributed by atoms with Crippen molar-refractivity contribution in [1.82, 2.24) is 14.8 Å². The van der Waals surface area contributed by atoms with Gasteiger partial charge >= 0.3 is 5.97 Å². The molecule has 1 N–H and O–H groups in total. The van der Waals surface area contributed by atoms with Gasteiger partial charge in [0.15, 0.2) is 5.65 Å². The summed E-state index contributed by atoms with van der Waals surface area (Å²) in [6.45, 7) is 3.96. The van der Waals surface area contributed by atoms with Crippen LogP contribution in [0, 0.1) is 6.92 Å². The summed E-state index contributed by atoms with van der Waals surface area (Å²) < 4.78 is 12.0. The molecular weight excluding hydrogens is 320 g/mol. The van der Waals surface area contributed by atoms with Gasteiger partial charge in [0.05, 0.1) is 30.5 Å². The van der Waals surface area contributed by atoms with Crippen LogP contribution in [0.15, 0.2) is 30.5 Å². The van der Waals surface area contributed by atoms with E-state index in [9.17, 15) is 4.79 Å². The average Bonchev–Trinajstić information content (AvgIpc) is 2.90. The second kappa shape index (κ2) is 6.80. The van der Waals surface area contributed by atoms with Gasteiger partial charge in [-0.1, -0.05) is 0 Å². The van der Waals surface area contributed by atoms with E-state index in [4.69, 9.17) is 9.47 Å². The van der Waals surface area contributed by atoms with E-state index in [1.807, 2.05) is 38.2 Å². The molecule has 0 fully saturated rings. The molecule has 25 heavy (non-hydrogen) atoms. The SMILES string of the molecule is CCOC(=O)c1cnc2c(c(C)nn2C)c1Nc1ccc(OC)cc1. The lowest BCUT2D eigenvalue weighted by Gasteiger charge is -2.13. The van der Waals surface area contributed by atoms with Crippen molar-refractivity contribution < 1.29 is 14.3 Å². The van der Waals surface area contributed by atoms with Crippen LogP contribution < -0.4 is 10.1 Å². The number of rotatable bonds is 5. The maximum absolute atomic E-state index is 12.4. The molecule has 2 heterocycles. The highest BCUT2D eigenvalue weighted by Crippen LogP contribution is 2.32. The second-order valence-corrected chi connectivity index (χ2v) is 5.53. The zero-order chi connectivity index (χ0) is 18.0. The predicted octanol–water partition coefficient (Wildman–Crippen LogP) is 3.21. The number of aryl methyl sites for hydroxylation is 2. The predicted molar refractivity (Wildman–Crippen MR) is 95.5 cm³/mol. The second-order valence-electron chi connectivity index (χ2n) is 5.53. The van der Waals surface area contributed by atoms with E-state index in [0.29, 0.717) is 23.5 Å². The normalized spacial score (nSPS) is 10.7. The molecule has 3 aromatic rings. The van der Waals surface area contributed by atoms with E-state index >= 15 is 0 Å². The van der Waals surface area contributed by atoms with E-state index in [0.717, 1.165) is 22.5 Å². The zero-order valence-corrected chi connectivity index (χ0v) is 14.7. The maximum Gasteiger partial charge on any atom is 0.341 e. The molecule has 7 nitrogen and oxygen atoms in total. The lowest BCUT2D eigenvalue weighted by molar-refractivity contribution is 0.0527. The summed E-state index contributed by atoms with van der Waals surface area (Å²) in [4.78, 5) is 16.7. The number of methoxy groups -OCH3 is 1. The third-order valence-corrected chi connectivity index (χ3v) is 3.88. The fourth-order valence-corrected chi connectivity index (χ4v) is 2.72. The van der Waals surface area contributed by atoms with Crippen molar-refractivity contribution in [1.29, 1.82) is 0 Å². The van der Waals surface area contributed by atoms with E-state index in [1.165, 1.54) is 6.20 Å². The number of fused-ring (bicyclic) bond motifs is 1. The van der Waals surface area contributed by atoms with Gasteiger partial charge in [0.1, 0.15) is 11.3 Å². The van der Waals surface area contributed by atoms with Gasteiger partial charge in [-0.25, -0.2) is 9.78 Å².